The highest BCUT2D eigenvalue weighted by atomic mass is 16.2. The second-order valence-corrected chi connectivity index (χ2v) is 6.19. The summed E-state index contributed by atoms with van der Waals surface area (Å²) in [5.41, 5.74) is 6.63. The number of aromatic nitrogens is 3. The number of pyridine rings is 1. The predicted octanol–water partition coefficient (Wildman–Crippen LogP) is 2.21. The Morgan fingerprint density at radius 1 is 1.38 bits per heavy atom. The van der Waals surface area contributed by atoms with E-state index in [0.717, 1.165) is 18.5 Å². The minimum Gasteiger partial charge on any atom is -0.330 e. The molecular weight excluding hydrogens is 264 g/mol. The van der Waals surface area contributed by atoms with Gasteiger partial charge in [-0.15, -0.1) is 5.10 Å². The van der Waals surface area contributed by atoms with Crippen molar-refractivity contribution in [2.45, 2.75) is 45.1 Å². The lowest BCUT2D eigenvalue weighted by molar-refractivity contribution is 0.166. The quantitative estimate of drug-likeness (QED) is 0.938. The molecule has 0 radical (unpaired) electrons. The lowest BCUT2D eigenvalue weighted by Crippen LogP contribution is -2.37. The van der Waals surface area contributed by atoms with Crippen molar-refractivity contribution in [2.75, 3.05) is 6.54 Å². The van der Waals surface area contributed by atoms with Crippen LogP contribution in [-0.2, 0) is 0 Å². The van der Waals surface area contributed by atoms with Gasteiger partial charge in [0.25, 0.3) is 0 Å². The van der Waals surface area contributed by atoms with Crippen LogP contribution in [0.4, 0.5) is 0 Å². The third-order valence-corrected chi connectivity index (χ3v) is 4.83. The minimum absolute atomic E-state index is 0.0359. The van der Waals surface area contributed by atoms with Crippen LogP contribution in [0.2, 0.25) is 0 Å². The number of fused-ring (bicyclic) bond motifs is 1. The van der Waals surface area contributed by atoms with Crippen LogP contribution in [0, 0.1) is 11.8 Å². The molecule has 114 valence electrons. The van der Waals surface area contributed by atoms with Gasteiger partial charge in [-0.2, -0.15) is 0 Å². The lowest BCUT2D eigenvalue weighted by Gasteiger charge is -2.35. The molecule has 1 aliphatic rings. The second-order valence-electron chi connectivity index (χ2n) is 6.19. The van der Waals surface area contributed by atoms with Crippen LogP contribution >= 0.6 is 0 Å². The molecule has 5 heteroatoms. The van der Waals surface area contributed by atoms with E-state index in [1.54, 1.807) is 15.3 Å². The average Bonchev–Trinajstić information content (AvgIpc) is 2.85. The molecule has 2 heterocycles. The van der Waals surface area contributed by atoms with Crippen molar-refractivity contribution >= 4 is 5.65 Å². The third-order valence-electron chi connectivity index (χ3n) is 4.83. The molecule has 2 N–H and O–H groups in total. The van der Waals surface area contributed by atoms with Gasteiger partial charge in [0, 0.05) is 6.20 Å². The van der Waals surface area contributed by atoms with Gasteiger partial charge in [0.05, 0.1) is 6.04 Å². The van der Waals surface area contributed by atoms with Crippen LogP contribution in [0.1, 0.15) is 45.1 Å². The zero-order valence-electron chi connectivity index (χ0n) is 12.6. The smallest absolute Gasteiger partial charge is 0.330 e. The highest BCUT2D eigenvalue weighted by molar-refractivity contribution is 5.35. The molecule has 5 nitrogen and oxygen atoms in total. The van der Waals surface area contributed by atoms with Gasteiger partial charge in [0.1, 0.15) is 0 Å². The number of nitrogens with zero attached hydrogens (tertiary/aromatic N) is 3. The maximum Gasteiger partial charge on any atom is 0.350 e. The number of nitrogens with two attached hydrogens (primary N) is 1. The van der Waals surface area contributed by atoms with E-state index in [2.05, 4.69) is 12.0 Å². The summed E-state index contributed by atoms with van der Waals surface area (Å²) in [4.78, 5) is 12.6. The van der Waals surface area contributed by atoms with Gasteiger partial charge in [-0.1, -0.05) is 25.8 Å². The minimum atomic E-state index is -0.0359. The van der Waals surface area contributed by atoms with E-state index in [4.69, 9.17) is 5.73 Å². The Bertz CT molecular complexity index is 660. The van der Waals surface area contributed by atoms with E-state index in [1.807, 2.05) is 18.2 Å². The maximum atomic E-state index is 12.6. The summed E-state index contributed by atoms with van der Waals surface area (Å²) in [6.07, 6.45) is 7.57. The molecule has 3 unspecified atom stereocenters. The summed E-state index contributed by atoms with van der Waals surface area (Å²) in [5, 5.41) is 4.54. The predicted molar refractivity (Wildman–Crippen MR) is 83.3 cm³/mol. The van der Waals surface area contributed by atoms with Gasteiger partial charge < -0.3 is 5.73 Å². The molecule has 1 fully saturated rings. The molecule has 21 heavy (non-hydrogen) atoms. The molecule has 0 spiro atoms. The van der Waals surface area contributed by atoms with Crippen molar-refractivity contribution in [1.29, 1.82) is 0 Å². The van der Waals surface area contributed by atoms with E-state index in [0.29, 0.717) is 18.4 Å². The van der Waals surface area contributed by atoms with Gasteiger partial charge in [0.2, 0.25) is 0 Å². The monoisotopic (exact) mass is 288 g/mol. The Labute approximate surface area is 124 Å². The highest BCUT2D eigenvalue weighted by Crippen LogP contribution is 2.37. The fourth-order valence-corrected chi connectivity index (χ4v) is 3.70. The van der Waals surface area contributed by atoms with Crippen molar-refractivity contribution in [3.05, 3.63) is 34.9 Å². The van der Waals surface area contributed by atoms with Gasteiger partial charge >= 0.3 is 5.69 Å². The summed E-state index contributed by atoms with van der Waals surface area (Å²) < 4.78 is 3.31. The average molecular weight is 288 g/mol. The van der Waals surface area contributed by atoms with Crippen molar-refractivity contribution < 1.29 is 0 Å². The fraction of sp³-hybridized carbons (Fsp3) is 0.625. The van der Waals surface area contributed by atoms with E-state index in [9.17, 15) is 4.79 Å². The van der Waals surface area contributed by atoms with Gasteiger partial charge in [0.15, 0.2) is 5.65 Å². The Morgan fingerprint density at radius 3 is 2.95 bits per heavy atom. The maximum absolute atomic E-state index is 12.6. The van der Waals surface area contributed by atoms with E-state index < -0.39 is 0 Å². The fourth-order valence-electron chi connectivity index (χ4n) is 3.70. The number of rotatable bonds is 4. The van der Waals surface area contributed by atoms with E-state index in [1.165, 1.54) is 19.3 Å². The first-order valence-electron chi connectivity index (χ1n) is 8.00. The Hall–Kier alpha value is -1.62. The molecular formula is C16H24N4O. The highest BCUT2D eigenvalue weighted by Gasteiger charge is 2.32. The van der Waals surface area contributed by atoms with Crippen LogP contribution < -0.4 is 11.4 Å². The van der Waals surface area contributed by atoms with Crippen LogP contribution in [0.5, 0.6) is 0 Å². The first kappa shape index (κ1) is 14.3. The van der Waals surface area contributed by atoms with Gasteiger partial charge in [-0.3, -0.25) is 4.40 Å². The molecule has 2 aromatic heterocycles. The van der Waals surface area contributed by atoms with E-state index >= 15 is 0 Å². The van der Waals surface area contributed by atoms with Crippen molar-refractivity contribution in [1.82, 2.24) is 14.2 Å². The van der Waals surface area contributed by atoms with E-state index in [-0.39, 0.29) is 11.7 Å². The van der Waals surface area contributed by atoms with Crippen molar-refractivity contribution in [2.24, 2.45) is 17.6 Å². The first-order chi connectivity index (χ1) is 10.2. The Morgan fingerprint density at radius 2 is 2.24 bits per heavy atom. The molecule has 0 bridgehead atoms. The van der Waals surface area contributed by atoms with Crippen molar-refractivity contribution in [3.63, 3.8) is 0 Å². The van der Waals surface area contributed by atoms with Crippen LogP contribution in [0.15, 0.2) is 29.2 Å². The normalized spacial score (nSPS) is 26.3. The van der Waals surface area contributed by atoms with Gasteiger partial charge in [-0.05, 0) is 49.8 Å². The van der Waals surface area contributed by atoms with Crippen LogP contribution in [0.3, 0.4) is 0 Å². The molecule has 3 atom stereocenters. The number of hydrogen-bond donors (Lipinski definition) is 1. The lowest BCUT2D eigenvalue weighted by atomic mass is 9.76. The SMILES string of the molecule is CCCC1CCC(CN)C(n2nc3ccccn3c2=O)C1. The standard InChI is InChI=1S/C16H24N4O/c1-2-5-12-7-8-13(11-17)14(10-12)20-16(21)19-9-4-3-6-15(19)18-20/h3-4,6,9,12-14H,2,5,7-8,10-11,17H2,1H3. The molecule has 0 saturated heterocycles. The molecule has 3 rings (SSSR count). The summed E-state index contributed by atoms with van der Waals surface area (Å²) in [6.45, 7) is 2.85. The third kappa shape index (κ3) is 2.62. The summed E-state index contributed by atoms with van der Waals surface area (Å²) in [7, 11) is 0. The summed E-state index contributed by atoms with van der Waals surface area (Å²) >= 11 is 0. The zero-order valence-corrected chi connectivity index (χ0v) is 12.6. The van der Waals surface area contributed by atoms with Crippen LogP contribution in [0.25, 0.3) is 5.65 Å². The molecule has 2 aromatic rings. The Kier molecular flexibility index (Phi) is 4.10. The summed E-state index contributed by atoms with van der Waals surface area (Å²) in [6, 6.07) is 5.80. The summed E-state index contributed by atoms with van der Waals surface area (Å²) in [5.74, 6) is 1.06. The second kappa shape index (κ2) is 6.02. The molecule has 1 aliphatic carbocycles. The molecule has 0 aromatic carbocycles. The largest absolute Gasteiger partial charge is 0.350 e. The van der Waals surface area contributed by atoms with Gasteiger partial charge in [-0.25, -0.2) is 9.48 Å². The Balaban J connectivity index is 1.97. The van der Waals surface area contributed by atoms with Crippen LogP contribution in [-0.4, -0.2) is 20.7 Å². The molecule has 0 amide bonds. The first-order valence-corrected chi connectivity index (χ1v) is 8.00. The number of hydrogen-bond acceptors (Lipinski definition) is 3. The zero-order chi connectivity index (χ0) is 14.8. The van der Waals surface area contributed by atoms with Crippen molar-refractivity contribution in [3.8, 4) is 0 Å². The molecule has 0 aliphatic heterocycles. The topological polar surface area (TPSA) is 65.3 Å². The molecule has 1 saturated carbocycles.